The first kappa shape index (κ1) is 27.9. The minimum absolute atomic E-state index is 0.00118. The van der Waals surface area contributed by atoms with Gasteiger partial charge >= 0.3 is 0 Å². The number of methoxy groups -OCH3 is 1. The van der Waals surface area contributed by atoms with Crippen molar-refractivity contribution < 1.29 is 14.6 Å². The molecule has 4 saturated heterocycles. The number of nitrogens with zero attached hydrogens (tertiary/aromatic N) is 4. The molecule has 0 spiro atoms. The molecule has 1 amide bonds. The van der Waals surface area contributed by atoms with E-state index in [9.17, 15) is 9.90 Å². The third-order valence-corrected chi connectivity index (χ3v) is 9.19. The predicted octanol–water partition coefficient (Wildman–Crippen LogP) is 0.654. The standard InChI is InChI=1S/C29H46N8O3/c1-34-13-15-35(16-14-34)24-11-10-21(17-20(24)19-40-2)31-29-30-18-22-27(33-29)37-26-9-6-7-23(32-26)25(38)8-4-3-5-12-36(37)28(22)39/h3,5,10-11,17,22-23,25-27,29-33,38H,4,6-9,12-16,18-19H2,1-2H3/b5-3-. The van der Waals surface area contributed by atoms with Gasteiger partial charge in [-0.15, -0.1) is 0 Å². The van der Waals surface area contributed by atoms with Gasteiger partial charge in [-0.05, 0) is 57.4 Å². The van der Waals surface area contributed by atoms with E-state index in [2.05, 4.69) is 73.5 Å². The quantitative estimate of drug-likeness (QED) is 0.333. The summed E-state index contributed by atoms with van der Waals surface area (Å²) in [5.74, 6) is -0.0270. The van der Waals surface area contributed by atoms with Gasteiger partial charge in [0.2, 0.25) is 5.91 Å². The average molecular weight is 555 g/mol. The highest BCUT2D eigenvalue weighted by atomic mass is 16.5. The Balaban J connectivity index is 1.19. The molecule has 4 fully saturated rings. The number of likely N-dealkylation sites (N-methyl/N-ethyl adjacent to an activating group) is 1. The van der Waals surface area contributed by atoms with Crippen LogP contribution in [0.1, 0.15) is 37.7 Å². The van der Waals surface area contributed by atoms with Gasteiger partial charge in [0, 0.05) is 62.8 Å². The Hall–Kier alpha value is -2.25. The molecular formula is C29H46N8O3. The van der Waals surface area contributed by atoms with Gasteiger partial charge < -0.3 is 25.0 Å². The van der Waals surface area contributed by atoms with Gasteiger partial charge in [-0.2, -0.15) is 5.01 Å². The lowest BCUT2D eigenvalue weighted by atomic mass is 9.95. The van der Waals surface area contributed by atoms with Crippen LogP contribution in [-0.2, 0) is 16.1 Å². The number of carbonyl (C=O) groups is 1. The normalized spacial score (nSPS) is 34.6. The molecule has 5 N–H and O–H groups in total. The van der Waals surface area contributed by atoms with Crippen LogP contribution in [0.25, 0.3) is 0 Å². The van der Waals surface area contributed by atoms with Gasteiger partial charge in [0.15, 0.2) is 0 Å². The minimum Gasteiger partial charge on any atom is -0.391 e. The second-order valence-corrected chi connectivity index (χ2v) is 11.9. The van der Waals surface area contributed by atoms with Crippen molar-refractivity contribution in [1.29, 1.82) is 0 Å². The van der Waals surface area contributed by atoms with Crippen LogP contribution in [0.15, 0.2) is 30.4 Å². The van der Waals surface area contributed by atoms with Crippen LogP contribution in [0.3, 0.4) is 0 Å². The fraction of sp³-hybridized carbons (Fsp3) is 0.690. The maximum atomic E-state index is 13.6. The summed E-state index contributed by atoms with van der Waals surface area (Å²) in [6.07, 6.45) is 7.97. The summed E-state index contributed by atoms with van der Waals surface area (Å²) in [5, 5.41) is 29.5. The number of piperidine rings is 1. The van der Waals surface area contributed by atoms with Gasteiger partial charge in [-0.25, -0.2) is 0 Å². The van der Waals surface area contributed by atoms with Crippen molar-refractivity contribution in [1.82, 2.24) is 30.9 Å². The van der Waals surface area contributed by atoms with E-state index in [0.717, 1.165) is 64.0 Å². The molecule has 11 heteroatoms. The highest BCUT2D eigenvalue weighted by Crippen LogP contribution is 2.33. The second kappa shape index (κ2) is 12.3. The molecule has 5 heterocycles. The summed E-state index contributed by atoms with van der Waals surface area (Å²) in [5.41, 5.74) is 3.41. The van der Waals surface area contributed by atoms with Crippen LogP contribution in [-0.4, -0.2) is 110 Å². The van der Waals surface area contributed by atoms with Crippen LogP contribution in [0.2, 0.25) is 0 Å². The highest BCUT2D eigenvalue weighted by molar-refractivity contribution is 5.82. The molecule has 0 radical (unpaired) electrons. The number of fused-ring (bicyclic) bond motifs is 6. The first-order valence-corrected chi connectivity index (χ1v) is 15.0. The van der Waals surface area contributed by atoms with Crippen molar-refractivity contribution in [2.45, 2.75) is 69.5 Å². The Morgan fingerprint density at radius 1 is 1.10 bits per heavy atom. The number of aliphatic hydroxyl groups excluding tert-OH is 1. The maximum absolute atomic E-state index is 13.6. The summed E-state index contributed by atoms with van der Waals surface area (Å²) in [7, 11) is 3.92. The Morgan fingerprint density at radius 2 is 1.95 bits per heavy atom. The van der Waals surface area contributed by atoms with Crippen molar-refractivity contribution in [2.24, 2.45) is 5.92 Å². The summed E-state index contributed by atoms with van der Waals surface area (Å²) in [6, 6.07) is 6.58. The number of carbonyl (C=O) groups excluding carboxylic acids is 1. The number of hydrogen-bond donors (Lipinski definition) is 5. The number of ether oxygens (including phenoxy) is 1. The van der Waals surface area contributed by atoms with Crippen LogP contribution in [0.5, 0.6) is 0 Å². The minimum atomic E-state index is -0.376. The van der Waals surface area contributed by atoms with Gasteiger partial charge in [0.25, 0.3) is 0 Å². The van der Waals surface area contributed by atoms with Crippen LogP contribution >= 0.6 is 0 Å². The van der Waals surface area contributed by atoms with E-state index in [4.69, 9.17) is 4.74 Å². The number of amides is 1. The van der Waals surface area contributed by atoms with E-state index in [1.807, 2.05) is 5.01 Å². The summed E-state index contributed by atoms with van der Waals surface area (Å²) in [6.45, 7) is 5.84. The number of aliphatic hydroxyl groups is 1. The topological polar surface area (TPSA) is 108 Å². The molecule has 5 aliphatic heterocycles. The number of benzene rings is 1. The van der Waals surface area contributed by atoms with E-state index in [0.29, 0.717) is 19.7 Å². The molecular weight excluding hydrogens is 508 g/mol. The summed E-state index contributed by atoms with van der Waals surface area (Å²) >= 11 is 0. The fourth-order valence-corrected chi connectivity index (χ4v) is 6.97. The summed E-state index contributed by atoms with van der Waals surface area (Å²) < 4.78 is 5.57. The molecule has 5 aliphatic rings. The molecule has 220 valence electrons. The monoisotopic (exact) mass is 554 g/mol. The largest absolute Gasteiger partial charge is 0.391 e. The lowest BCUT2D eigenvalue weighted by Gasteiger charge is -2.45. The SMILES string of the molecule is COCc1cc(NC2NCC3C(=O)N4C/C=C\CCC(O)C5CCCC(N5)N4C3N2)ccc1N1CCN(C)CC1. The number of hydrazine groups is 1. The van der Waals surface area contributed by atoms with Crippen molar-refractivity contribution in [3.8, 4) is 0 Å². The molecule has 0 saturated carbocycles. The average Bonchev–Trinajstić information content (AvgIpc) is 3.23. The van der Waals surface area contributed by atoms with Crippen molar-refractivity contribution in [3.05, 3.63) is 35.9 Å². The molecule has 1 aromatic rings. The van der Waals surface area contributed by atoms with Crippen molar-refractivity contribution >= 4 is 17.3 Å². The number of piperazine rings is 1. The second-order valence-electron chi connectivity index (χ2n) is 11.9. The smallest absolute Gasteiger partial charge is 0.244 e. The predicted molar refractivity (Wildman–Crippen MR) is 155 cm³/mol. The zero-order valence-electron chi connectivity index (χ0n) is 23.9. The number of hydrogen-bond acceptors (Lipinski definition) is 10. The first-order chi connectivity index (χ1) is 19.5. The molecule has 6 atom stereocenters. The number of allylic oxidation sites excluding steroid dienone is 1. The maximum Gasteiger partial charge on any atom is 0.244 e. The molecule has 0 aliphatic carbocycles. The van der Waals surface area contributed by atoms with Crippen LogP contribution in [0.4, 0.5) is 11.4 Å². The third kappa shape index (κ3) is 5.74. The Morgan fingerprint density at radius 3 is 2.77 bits per heavy atom. The first-order valence-electron chi connectivity index (χ1n) is 15.0. The van der Waals surface area contributed by atoms with Gasteiger partial charge in [0.1, 0.15) is 6.29 Å². The number of anilines is 2. The van der Waals surface area contributed by atoms with E-state index < -0.39 is 0 Å². The molecule has 6 rings (SSSR count). The molecule has 6 unspecified atom stereocenters. The lowest BCUT2D eigenvalue weighted by Crippen LogP contribution is -2.68. The Labute approximate surface area is 237 Å². The lowest BCUT2D eigenvalue weighted by molar-refractivity contribution is -0.145. The number of rotatable bonds is 5. The van der Waals surface area contributed by atoms with E-state index in [-0.39, 0.29) is 42.6 Å². The molecule has 1 aromatic carbocycles. The molecule has 11 nitrogen and oxygen atoms in total. The molecule has 40 heavy (non-hydrogen) atoms. The van der Waals surface area contributed by atoms with E-state index in [1.54, 1.807) is 7.11 Å². The zero-order valence-corrected chi connectivity index (χ0v) is 23.9. The molecule has 2 bridgehead atoms. The van der Waals surface area contributed by atoms with E-state index >= 15 is 0 Å². The Kier molecular flexibility index (Phi) is 8.59. The number of nitrogens with one attached hydrogen (secondary N) is 4. The molecule has 0 aromatic heterocycles. The van der Waals surface area contributed by atoms with Crippen LogP contribution in [0, 0.1) is 5.92 Å². The van der Waals surface area contributed by atoms with Gasteiger partial charge in [-0.1, -0.05) is 12.2 Å². The Bertz CT molecular complexity index is 1060. The summed E-state index contributed by atoms with van der Waals surface area (Å²) in [4.78, 5) is 18.4. The third-order valence-electron chi connectivity index (χ3n) is 9.19. The van der Waals surface area contributed by atoms with Crippen molar-refractivity contribution in [3.63, 3.8) is 0 Å². The van der Waals surface area contributed by atoms with Gasteiger partial charge in [-0.3, -0.25) is 25.8 Å². The highest BCUT2D eigenvalue weighted by Gasteiger charge is 2.52. The van der Waals surface area contributed by atoms with Crippen LogP contribution < -0.4 is 26.2 Å². The van der Waals surface area contributed by atoms with E-state index in [1.165, 1.54) is 11.3 Å². The van der Waals surface area contributed by atoms with Crippen molar-refractivity contribution in [2.75, 3.05) is 63.6 Å². The van der Waals surface area contributed by atoms with Gasteiger partial charge in [0.05, 0.1) is 37.5 Å². The fourth-order valence-electron chi connectivity index (χ4n) is 6.97. The zero-order chi connectivity index (χ0) is 27.6.